The summed E-state index contributed by atoms with van der Waals surface area (Å²) in [5, 5.41) is 22.8. The summed E-state index contributed by atoms with van der Waals surface area (Å²) in [6.07, 6.45) is 1.13. The molecular formula is C6H6N6O2. The van der Waals surface area contributed by atoms with Crippen LogP contribution in [0.1, 0.15) is 0 Å². The molecule has 0 amide bonds. The Labute approximate surface area is 77.3 Å². The highest BCUT2D eigenvalue weighted by Gasteiger charge is 2.18. The van der Waals surface area contributed by atoms with E-state index in [1.807, 2.05) is 0 Å². The number of rotatable bonds is 2. The van der Waals surface area contributed by atoms with Crippen LogP contribution in [0.5, 0.6) is 0 Å². The van der Waals surface area contributed by atoms with Crippen molar-refractivity contribution >= 4 is 11.5 Å². The summed E-state index contributed by atoms with van der Waals surface area (Å²) < 4.78 is 0. The Balaban J connectivity index is 2.51. The van der Waals surface area contributed by atoms with Gasteiger partial charge in [0.05, 0.1) is 10.6 Å². The van der Waals surface area contributed by atoms with Gasteiger partial charge in [0.2, 0.25) is 0 Å². The first-order valence-corrected chi connectivity index (χ1v) is 3.67. The lowest BCUT2D eigenvalue weighted by atomic mass is 10.3. The quantitative estimate of drug-likeness (QED) is 0.467. The lowest BCUT2D eigenvalue weighted by molar-refractivity contribution is -0.384. The van der Waals surface area contributed by atoms with Gasteiger partial charge in [-0.05, 0) is 0 Å². The second-order valence-electron chi connectivity index (χ2n) is 2.59. The van der Waals surface area contributed by atoms with E-state index in [9.17, 15) is 10.1 Å². The maximum absolute atomic E-state index is 10.5. The standard InChI is InChI=1S/C6H6N6O2/c7-5-1-3(9-10-5)6-4(12(13)14)2-8-11-6/h1-2H,(H,8,11)(H3,7,9,10). The summed E-state index contributed by atoms with van der Waals surface area (Å²) in [5.41, 5.74) is 5.95. The first-order chi connectivity index (χ1) is 6.68. The number of nitrogens with zero attached hydrogens (tertiary/aromatic N) is 3. The predicted molar refractivity (Wildman–Crippen MR) is 47.2 cm³/mol. The minimum atomic E-state index is -0.532. The van der Waals surface area contributed by atoms with Crippen LogP contribution < -0.4 is 5.73 Å². The largest absolute Gasteiger partial charge is 0.382 e. The number of nitrogens with two attached hydrogens (primary N) is 1. The number of nitrogen functional groups attached to an aromatic ring is 1. The van der Waals surface area contributed by atoms with Crippen LogP contribution in [0.2, 0.25) is 0 Å². The van der Waals surface area contributed by atoms with Gasteiger partial charge in [-0.3, -0.25) is 20.3 Å². The summed E-state index contributed by atoms with van der Waals surface area (Å²) in [6, 6.07) is 1.49. The van der Waals surface area contributed by atoms with Crippen molar-refractivity contribution in [1.82, 2.24) is 20.4 Å². The van der Waals surface area contributed by atoms with Crippen LogP contribution in [0.25, 0.3) is 11.4 Å². The molecule has 0 aromatic carbocycles. The number of hydrogen-bond acceptors (Lipinski definition) is 5. The number of aromatic amines is 2. The molecule has 2 rings (SSSR count). The molecule has 0 bridgehead atoms. The summed E-state index contributed by atoms with van der Waals surface area (Å²) >= 11 is 0. The highest BCUT2D eigenvalue weighted by atomic mass is 16.6. The summed E-state index contributed by atoms with van der Waals surface area (Å²) in [6.45, 7) is 0. The number of hydrogen-bond donors (Lipinski definition) is 3. The minimum absolute atomic E-state index is 0.117. The molecule has 2 aromatic rings. The monoisotopic (exact) mass is 194 g/mol. The van der Waals surface area contributed by atoms with Crippen molar-refractivity contribution in [3.8, 4) is 11.4 Å². The number of anilines is 1. The molecule has 0 fully saturated rings. The molecule has 4 N–H and O–H groups in total. The molecule has 72 valence electrons. The average Bonchev–Trinajstić information content (AvgIpc) is 2.70. The molecule has 0 radical (unpaired) electrons. The van der Waals surface area contributed by atoms with E-state index in [1.165, 1.54) is 6.07 Å². The molecule has 2 heterocycles. The zero-order chi connectivity index (χ0) is 10.1. The first kappa shape index (κ1) is 8.23. The minimum Gasteiger partial charge on any atom is -0.382 e. The van der Waals surface area contributed by atoms with E-state index in [4.69, 9.17) is 5.73 Å². The van der Waals surface area contributed by atoms with Crippen molar-refractivity contribution in [1.29, 1.82) is 0 Å². The highest BCUT2D eigenvalue weighted by Crippen LogP contribution is 2.25. The Hall–Kier alpha value is -2.38. The van der Waals surface area contributed by atoms with Gasteiger partial charge in [0.1, 0.15) is 12.0 Å². The molecule has 0 aliphatic rings. The smallest absolute Gasteiger partial charge is 0.316 e. The van der Waals surface area contributed by atoms with Gasteiger partial charge in [-0.25, -0.2) is 0 Å². The second kappa shape index (κ2) is 2.83. The predicted octanol–water partition coefficient (Wildman–Crippen LogP) is 0.290. The van der Waals surface area contributed by atoms with Gasteiger partial charge in [0, 0.05) is 6.07 Å². The SMILES string of the molecule is Nc1cc(-c2[nH]ncc2[N+](=O)[O-])[nH]n1. The number of nitro groups is 1. The zero-order valence-electron chi connectivity index (χ0n) is 6.89. The van der Waals surface area contributed by atoms with Crippen molar-refractivity contribution in [3.63, 3.8) is 0 Å². The topological polar surface area (TPSA) is 127 Å². The molecule has 8 nitrogen and oxygen atoms in total. The van der Waals surface area contributed by atoms with Gasteiger partial charge in [-0.2, -0.15) is 10.2 Å². The molecule has 0 saturated carbocycles. The average molecular weight is 194 g/mol. The Morgan fingerprint density at radius 2 is 2.29 bits per heavy atom. The van der Waals surface area contributed by atoms with Gasteiger partial charge >= 0.3 is 5.69 Å². The van der Waals surface area contributed by atoms with E-state index >= 15 is 0 Å². The third-order valence-corrected chi connectivity index (χ3v) is 1.68. The maximum Gasteiger partial charge on any atom is 0.316 e. The highest BCUT2D eigenvalue weighted by molar-refractivity contribution is 5.67. The Morgan fingerprint density at radius 1 is 1.50 bits per heavy atom. The van der Waals surface area contributed by atoms with Gasteiger partial charge in [-0.15, -0.1) is 0 Å². The zero-order valence-corrected chi connectivity index (χ0v) is 6.89. The molecular weight excluding hydrogens is 188 g/mol. The lowest BCUT2D eigenvalue weighted by Gasteiger charge is -1.90. The molecule has 0 aliphatic carbocycles. The van der Waals surface area contributed by atoms with Gasteiger partial charge in [0.15, 0.2) is 5.69 Å². The fraction of sp³-hybridized carbons (Fsp3) is 0. The molecule has 0 saturated heterocycles. The second-order valence-corrected chi connectivity index (χ2v) is 2.59. The molecule has 0 spiro atoms. The van der Waals surface area contributed by atoms with Crippen molar-refractivity contribution in [2.45, 2.75) is 0 Å². The lowest BCUT2D eigenvalue weighted by Crippen LogP contribution is -1.89. The first-order valence-electron chi connectivity index (χ1n) is 3.67. The number of nitrogens with one attached hydrogen (secondary N) is 2. The fourth-order valence-electron chi connectivity index (χ4n) is 1.08. The van der Waals surface area contributed by atoms with Gasteiger partial charge in [-0.1, -0.05) is 0 Å². The van der Waals surface area contributed by atoms with Gasteiger partial charge < -0.3 is 5.73 Å². The van der Waals surface area contributed by atoms with E-state index < -0.39 is 4.92 Å². The van der Waals surface area contributed by atoms with Crippen LogP contribution in [-0.4, -0.2) is 25.3 Å². The van der Waals surface area contributed by atoms with Crippen LogP contribution >= 0.6 is 0 Å². The number of aromatic nitrogens is 4. The van der Waals surface area contributed by atoms with Crippen LogP contribution in [0, 0.1) is 10.1 Å². The Morgan fingerprint density at radius 3 is 2.86 bits per heavy atom. The van der Waals surface area contributed by atoms with Crippen molar-refractivity contribution < 1.29 is 4.92 Å². The van der Waals surface area contributed by atoms with Gasteiger partial charge in [0.25, 0.3) is 0 Å². The Kier molecular flexibility index (Phi) is 1.67. The third-order valence-electron chi connectivity index (χ3n) is 1.68. The maximum atomic E-state index is 10.5. The summed E-state index contributed by atoms with van der Waals surface area (Å²) in [7, 11) is 0. The van der Waals surface area contributed by atoms with E-state index in [1.54, 1.807) is 0 Å². The van der Waals surface area contributed by atoms with Crippen molar-refractivity contribution in [2.75, 3.05) is 5.73 Å². The fourth-order valence-corrected chi connectivity index (χ4v) is 1.08. The van der Waals surface area contributed by atoms with Crippen molar-refractivity contribution in [2.24, 2.45) is 0 Å². The summed E-state index contributed by atoms with van der Waals surface area (Å²) in [4.78, 5) is 10.0. The summed E-state index contributed by atoms with van der Waals surface area (Å²) in [5.74, 6) is 0.267. The normalized spacial score (nSPS) is 10.3. The van der Waals surface area contributed by atoms with E-state index in [-0.39, 0.29) is 17.2 Å². The number of H-pyrrole nitrogens is 2. The van der Waals surface area contributed by atoms with E-state index in [0.717, 1.165) is 6.20 Å². The van der Waals surface area contributed by atoms with Crippen LogP contribution in [0.3, 0.4) is 0 Å². The molecule has 0 unspecified atom stereocenters. The molecule has 0 aliphatic heterocycles. The Bertz CT molecular complexity index is 472. The third kappa shape index (κ3) is 1.18. The van der Waals surface area contributed by atoms with Crippen LogP contribution in [0.15, 0.2) is 12.3 Å². The molecule has 8 heteroatoms. The molecule has 0 atom stereocenters. The van der Waals surface area contributed by atoms with E-state index in [2.05, 4.69) is 20.4 Å². The molecule has 2 aromatic heterocycles. The van der Waals surface area contributed by atoms with Crippen LogP contribution in [0.4, 0.5) is 11.5 Å². The molecule has 14 heavy (non-hydrogen) atoms. The van der Waals surface area contributed by atoms with Crippen molar-refractivity contribution in [3.05, 3.63) is 22.4 Å². The van der Waals surface area contributed by atoms with Crippen LogP contribution in [-0.2, 0) is 0 Å². The van der Waals surface area contributed by atoms with E-state index in [0.29, 0.717) is 5.69 Å².